The van der Waals surface area contributed by atoms with Crippen LogP contribution in [0.25, 0.3) is 0 Å². The van der Waals surface area contributed by atoms with E-state index in [1.807, 2.05) is 19.1 Å². The molecule has 2 fully saturated rings. The van der Waals surface area contributed by atoms with Gasteiger partial charge in [0.25, 0.3) is 0 Å². The Balaban J connectivity index is 1.64. The number of anilines is 1. The van der Waals surface area contributed by atoms with Crippen molar-refractivity contribution in [1.29, 1.82) is 0 Å². The summed E-state index contributed by atoms with van der Waals surface area (Å²) in [5, 5.41) is 6.40. The number of hydrogen-bond acceptors (Lipinski definition) is 4. The molecule has 0 radical (unpaired) electrons. The lowest BCUT2D eigenvalue weighted by atomic mass is 9.99. The fourth-order valence-corrected chi connectivity index (χ4v) is 3.70. The molecule has 1 aromatic heterocycles. The molecule has 3 rings (SSSR count). The van der Waals surface area contributed by atoms with Gasteiger partial charge in [0.1, 0.15) is 10.4 Å². The number of aryl methyl sites for hydroxylation is 1. The van der Waals surface area contributed by atoms with Gasteiger partial charge >= 0.3 is 0 Å². The lowest BCUT2D eigenvalue weighted by molar-refractivity contribution is -0.118. The molecule has 2 aliphatic rings. The highest BCUT2D eigenvalue weighted by molar-refractivity contribution is 9.10. The lowest BCUT2D eigenvalue weighted by Crippen LogP contribution is -2.38. The predicted octanol–water partition coefficient (Wildman–Crippen LogP) is 1.77. The molecule has 1 saturated heterocycles. The standard InChI is InChI=1S/C15H21BrN4O/c1-9-4-5-12(16)18-13(9)19-14(21)10-6-15(8-20(2)3)7-11(15)17-10/h4-5,10-11,17H,6-8H2,1-3H3,(H,18,19,21)/t10-,11?,15?/m0/s1. The van der Waals surface area contributed by atoms with Gasteiger partial charge in [-0.1, -0.05) is 6.07 Å². The number of amides is 1. The molecule has 1 aromatic rings. The Morgan fingerprint density at radius 3 is 3.00 bits per heavy atom. The first kappa shape index (κ1) is 14.9. The van der Waals surface area contributed by atoms with E-state index in [9.17, 15) is 4.79 Å². The molecule has 2 N–H and O–H groups in total. The first-order valence-electron chi connectivity index (χ1n) is 7.24. The van der Waals surface area contributed by atoms with Crippen LogP contribution >= 0.6 is 15.9 Å². The summed E-state index contributed by atoms with van der Waals surface area (Å²) in [5.74, 6) is 0.660. The van der Waals surface area contributed by atoms with Crippen LogP contribution in [-0.4, -0.2) is 48.5 Å². The van der Waals surface area contributed by atoms with Crippen LogP contribution < -0.4 is 10.6 Å². The van der Waals surface area contributed by atoms with E-state index in [0.717, 1.165) is 23.1 Å². The predicted molar refractivity (Wildman–Crippen MR) is 86.2 cm³/mol. The molecule has 114 valence electrons. The minimum absolute atomic E-state index is 0.0223. The molecule has 2 heterocycles. The monoisotopic (exact) mass is 352 g/mol. The van der Waals surface area contributed by atoms with Crippen LogP contribution in [0.15, 0.2) is 16.7 Å². The third-order valence-corrected chi connectivity index (χ3v) is 4.90. The third kappa shape index (κ3) is 2.98. The molecule has 5 nitrogen and oxygen atoms in total. The highest BCUT2D eigenvalue weighted by atomic mass is 79.9. The molecule has 1 aliphatic heterocycles. The van der Waals surface area contributed by atoms with Gasteiger partial charge in [0.05, 0.1) is 6.04 Å². The average molecular weight is 353 g/mol. The van der Waals surface area contributed by atoms with Crippen LogP contribution in [0.3, 0.4) is 0 Å². The number of nitrogens with one attached hydrogen (secondary N) is 2. The molecule has 1 aliphatic carbocycles. The Kier molecular flexibility index (Phi) is 3.80. The van der Waals surface area contributed by atoms with Crippen LogP contribution in [0.1, 0.15) is 18.4 Å². The van der Waals surface area contributed by atoms with E-state index in [4.69, 9.17) is 0 Å². The van der Waals surface area contributed by atoms with Gasteiger partial charge in [-0.25, -0.2) is 4.98 Å². The fraction of sp³-hybridized carbons (Fsp3) is 0.600. The van der Waals surface area contributed by atoms with Crippen LogP contribution in [0.5, 0.6) is 0 Å². The number of fused-ring (bicyclic) bond motifs is 1. The van der Waals surface area contributed by atoms with E-state index in [-0.39, 0.29) is 11.9 Å². The smallest absolute Gasteiger partial charge is 0.242 e. The molecule has 3 atom stereocenters. The topological polar surface area (TPSA) is 57.3 Å². The van der Waals surface area contributed by atoms with Crippen molar-refractivity contribution in [3.63, 3.8) is 0 Å². The van der Waals surface area contributed by atoms with E-state index in [0.29, 0.717) is 17.3 Å². The number of piperidine rings is 1. The quantitative estimate of drug-likeness (QED) is 0.811. The van der Waals surface area contributed by atoms with Gasteiger partial charge in [-0.05, 0) is 61.4 Å². The maximum Gasteiger partial charge on any atom is 0.242 e. The number of carbonyl (C=O) groups excluding carboxylic acids is 1. The molecule has 1 amide bonds. The van der Waals surface area contributed by atoms with E-state index in [2.05, 4.69) is 50.5 Å². The number of hydrogen-bond donors (Lipinski definition) is 2. The van der Waals surface area contributed by atoms with E-state index >= 15 is 0 Å². The zero-order valence-electron chi connectivity index (χ0n) is 12.6. The first-order valence-corrected chi connectivity index (χ1v) is 8.04. The Morgan fingerprint density at radius 2 is 2.29 bits per heavy atom. The number of halogens is 1. The zero-order valence-corrected chi connectivity index (χ0v) is 14.2. The van der Waals surface area contributed by atoms with Crippen molar-refractivity contribution in [1.82, 2.24) is 15.2 Å². The number of carbonyl (C=O) groups is 1. The van der Waals surface area contributed by atoms with Crippen molar-refractivity contribution in [3.05, 3.63) is 22.3 Å². The number of rotatable bonds is 4. The van der Waals surface area contributed by atoms with Gasteiger partial charge in [0, 0.05) is 18.0 Å². The first-order chi connectivity index (χ1) is 9.89. The van der Waals surface area contributed by atoms with E-state index < -0.39 is 0 Å². The second kappa shape index (κ2) is 5.34. The van der Waals surface area contributed by atoms with Crippen LogP contribution in [0.2, 0.25) is 0 Å². The molecule has 2 unspecified atom stereocenters. The summed E-state index contributed by atoms with van der Waals surface area (Å²) in [7, 11) is 4.18. The Morgan fingerprint density at radius 1 is 1.52 bits per heavy atom. The summed E-state index contributed by atoms with van der Waals surface area (Å²) in [6.45, 7) is 2.99. The number of aromatic nitrogens is 1. The van der Waals surface area contributed by atoms with Crippen LogP contribution in [0, 0.1) is 12.3 Å². The van der Waals surface area contributed by atoms with Crippen molar-refractivity contribution in [2.75, 3.05) is 26.0 Å². The Labute approximate surface area is 133 Å². The van der Waals surface area contributed by atoms with Crippen LogP contribution in [-0.2, 0) is 4.79 Å². The highest BCUT2D eigenvalue weighted by Gasteiger charge is 2.61. The molecule has 0 aromatic carbocycles. The molecular formula is C15H21BrN4O. The zero-order chi connectivity index (χ0) is 15.2. The van der Waals surface area contributed by atoms with Gasteiger partial charge < -0.3 is 15.5 Å². The van der Waals surface area contributed by atoms with Gasteiger partial charge in [-0.15, -0.1) is 0 Å². The Hall–Kier alpha value is -0.980. The fourth-order valence-electron chi connectivity index (χ4n) is 3.39. The van der Waals surface area contributed by atoms with Crippen molar-refractivity contribution in [2.24, 2.45) is 5.41 Å². The summed E-state index contributed by atoms with van der Waals surface area (Å²) >= 11 is 3.34. The molecule has 0 bridgehead atoms. The molecule has 0 spiro atoms. The molecule has 1 saturated carbocycles. The summed E-state index contributed by atoms with van der Waals surface area (Å²) < 4.78 is 0.731. The Bertz CT molecular complexity index is 577. The summed E-state index contributed by atoms with van der Waals surface area (Å²) in [6.07, 6.45) is 2.10. The van der Waals surface area contributed by atoms with Crippen molar-refractivity contribution in [3.8, 4) is 0 Å². The lowest BCUT2D eigenvalue weighted by Gasteiger charge is -2.19. The van der Waals surface area contributed by atoms with Crippen LogP contribution in [0.4, 0.5) is 5.82 Å². The minimum atomic E-state index is -0.108. The SMILES string of the molecule is Cc1ccc(Br)nc1NC(=O)[C@@H]1CC2(CN(C)C)CC2N1. The maximum absolute atomic E-state index is 12.4. The third-order valence-electron chi connectivity index (χ3n) is 4.45. The molecular weight excluding hydrogens is 332 g/mol. The average Bonchev–Trinajstić information content (AvgIpc) is 2.93. The van der Waals surface area contributed by atoms with Crippen molar-refractivity contribution in [2.45, 2.75) is 31.8 Å². The van der Waals surface area contributed by atoms with Gasteiger partial charge in [-0.3, -0.25) is 4.79 Å². The largest absolute Gasteiger partial charge is 0.309 e. The van der Waals surface area contributed by atoms with Gasteiger partial charge in [-0.2, -0.15) is 0 Å². The summed E-state index contributed by atoms with van der Waals surface area (Å²) in [6, 6.07) is 4.20. The normalized spacial score (nSPS) is 30.3. The van der Waals surface area contributed by atoms with Gasteiger partial charge in [0.15, 0.2) is 0 Å². The van der Waals surface area contributed by atoms with E-state index in [1.165, 1.54) is 6.42 Å². The maximum atomic E-state index is 12.4. The second-order valence-electron chi connectivity index (χ2n) is 6.57. The highest BCUT2D eigenvalue weighted by Crippen LogP contribution is 2.54. The summed E-state index contributed by atoms with van der Waals surface area (Å²) in [5.41, 5.74) is 1.27. The van der Waals surface area contributed by atoms with Crippen molar-refractivity contribution >= 4 is 27.7 Å². The van der Waals surface area contributed by atoms with Gasteiger partial charge in [0.2, 0.25) is 5.91 Å². The number of nitrogens with zero attached hydrogens (tertiary/aromatic N) is 2. The second-order valence-corrected chi connectivity index (χ2v) is 7.38. The molecule has 21 heavy (non-hydrogen) atoms. The minimum Gasteiger partial charge on any atom is -0.309 e. The number of pyridine rings is 1. The summed E-state index contributed by atoms with van der Waals surface area (Å²) in [4.78, 5) is 19.0. The molecule has 6 heteroatoms. The van der Waals surface area contributed by atoms with Crippen molar-refractivity contribution < 1.29 is 4.79 Å². The van der Waals surface area contributed by atoms with E-state index in [1.54, 1.807) is 0 Å².